The summed E-state index contributed by atoms with van der Waals surface area (Å²) >= 11 is 0. The molecule has 0 aliphatic rings. The molecule has 0 bridgehead atoms. The van der Waals surface area contributed by atoms with Gasteiger partial charge in [0.2, 0.25) is 0 Å². The molecule has 0 aromatic heterocycles. The first kappa shape index (κ1) is 19.6. The Bertz CT molecular complexity index is 744. The fourth-order valence-electron chi connectivity index (χ4n) is 2.25. The van der Waals surface area contributed by atoms with E-state index in [1.807, 2.05) is 57.2 Å². The lowest BCUT2D eigenvalue weighted by Crippen LogP contribution is -1.84. The lowest BCUT2D eigenvalue weighted by atomic mass is 10.0. The molecular weight excluding hydrogens is 296 g/mol. The number of rotatable bonds is 1. The van der Waals surface area contributed by atoms with Gasteiger partial charge in [-0.2, -0.15) is 0 Å². The van der Waals surface area contributed by atoms with Crippen LogP contribution in [0.4, 0.5) is 0 Å². The number of hydrogen-bond donors (Lipinski definition) is 2. The van der Waals surface area contributed by atoms with Crippen molar-refractivity contribution in [1.29, 1.82) is 0 Å². The summed E-state index contributed by atoms with van der Waals surface area (Å²) in [6, 6.07) is 18.9. The van der Waals surface area contributed by atoms with E-state index in [0.29, 0.717) is 17.4 Å². The predicted molar refractivity (Wildman–Crippen MR) is 104 cm³/mol. The standard InChI is InChI=1S/C11H10O.C9H12O.C2H6/c1-8-5-6-10-9(7-8)3-2-4-11(10)12;1-7(2)8-3-5-9(10)6-4-8;1-2/h2-7,12H,1H3;3-7,10H,1-2H3;1-2H3. The van der Waals surface area contributed by atoms with Crippen LogP contribution in [-0.2, 0) is 0 Å². The number of phenols is 2. The minimum Gasteiger partial charge on any atom is -0.508 e. The summed E-state index contributed by atoms with van der Waals surface area (Å²) in [5.74, 6) is 1.23. The third-order valence-corrected chi connectivity index (χ3v) is 3.57. The molecule has 2 N–H and O–H groups in total. The van der Waals surface area contributed by atoms with Crippen LogP contribution in [0.1, 0.15) is 44.7 Å². The van der Waals surface area contributed by atoms with E-state index >= 15 is 0 Å². The molecule has 0 radical (unpaired) electrons. The van der Waals surface area contributed by atoms with Crippen molar-refractivity contribution in [3.63, 3.8) is 0 Å². The normalized spacial score (nSPS) is 9.75. The summed E-state index contributed by atoms with van der Waals surface area (Å²) in [4.78, 5) is 0. The number of benzene rings is 3. The van der Waals surface area contributed by atoms with Crippen LogP contribution in [0.5, 0.6) is 11.5 Å². The van der Waals surface area contributed by atoms with Gasteiger partial charge in [0, 0.05) is 5.39 Å². The predicted octanol–water partition coefficient (Wildman–Crippen LogP) is 6.40. The van der Waals surface area contributed by atoms with Gasteiger partial charge in [-0.15, -0.1) is 0 Å². The minimum atomic E-state index is 0.337. The third kappa shape index (κ3) is 5.62. The monoisotopic (exact) mass is 324 g/mol. The Balaban J connectivity index is 0.000000221. The van der Waals surface area contributed by atoms with Crippen LogP contribution in [0.15, 0.2) is 60.7 Å². The smallest absolute Gasteiger partial charge is 0.123 e. The Hall–Kier alpha value is -2.48. The number of aromatic hydroxyl groups is 2. The van der Waals surface area contributed by atoms with Crippen molar-refractivity contribution in [3.05, 3.63) is 71.8 Å². The molecule has 3 rings (SSSR count). The highest BCUT2D eigenvalue weighted by Gasteiger charge is 1.97. The summed E-state index contributed by atoms with van der Waals surface area (Å²) in [7, 11) is 0. The van der Waals surface area contributed by atoms with Gasteiger partial charge < -0.3 is 10.2 Å². The third-order valence-electron chi connectivity index (χ3n) is 3.57. The van der Waals surface area contributed by atoms with Crippen LogP contribution in [0.25, 0.3) is 10.8 Å². The highest BCUT2D eigenvalue weighted by molar-refractivity contribution is 5.88. The maximum atomic E-state index is 9.46. The lowest BCUT2D eigenvalue weighted by Gasteiger charge is -2.03. The Morgan fingerprint density at radius 3 is 2.00 bits per heavy atom. The highest BCUT2D eigenvalue weighted by Crippen LogP contribution is 2.24. The summed E-state index contributed by atoms with van der Waals surface area (Å²) in [6.07, 6.45) is 0. The molecule has 128 valence electrons. The van der Waals surface area contributed by atoms with E-state index in [1.54, 1.807) is 18.2 Å². The second-order valence-corrected chi connectivity index (χ2v) is 5.75. The molecule has 3 aromatic carbocycles. The quantitative estimate of drug-likeness (QED) is 0.544. The van der Waals surface area contributed by atoms with Crippen LogP contribution in [0.3, 0.4) is 0 Å². The molecule has 24 heavy (non-hydrogen) atoms. The molecule has 3 aromatic rings. The zero-order valence-corrected chi connectivity index (χ0v) is 15.2. The van der Waals surface area contributed by atoms with Crippen LogP contribution in [0.2, 0.25) is 0 Å². The van der Waals surface area contributed by atoms with Gasteiger partial charge in [0.1, 0.15) is 11.5 Å². The largest absolute Gasteiger partial charge is 0.508 e. The summed E-state index contributed by atoms with van der Waals surface area (Å²) in [6.45, 7) is 10.3. The van der Waals surface area contributed by atoms with Gasteiger partial charge in [0.05, 0.1) is 0 Å². The molecule has 0 spiro atoms. The van der Waals surface area contributed by atoms with Crippen molar-refractivity contribution in [1.82, 2.24) is 0 Å². The topological polar surface area (TPSA) is 40.5 Å². The molecule has 0 saturated heterocycles. The van der Waals surface area contributed by atoms with Crippen molar-refractivity contribution < 1.29 is 10.2 Å². The van der Waals surface area contributed by atoms with Gasteiger partial charge in [-0.25, -0.2) is 0 Å². The molecule has 0 atom stereocenters. The van der Waals surface area contributed by atoms with Gasteiger partial charge >= 0.3 is 0 Å². The SMILES string of the molecule is CC.CC(C)c1ccc(O)cc1.Cc1ccc2c(O)cccc2c1. The van der Waals surface area contributed by atoms with Crippen LogP contribution >= 0.6 is 0 Å². The number of aryl methyl sites for hydroxylation is 1. The Labute approximate surface area is 145 Å². The number of fused-ring (bicyclic) bond motifs is 1. The van der Waals surface area contributed by atoms with Gasteiger partial charge in [-0.3, -0.25) is 0 Å². The molecule has 0 heterocycles. The van der Waals surface area contributed by atoms with Crippen LogP contribution in [-0.4, -0.2) is 10.2 Å². The lowest BCUT2D eigenvalue weighted by molar-refractivity contribution is 0.475. The van der Waals surface area contributed by atoms with Crippen molar-refractivity contribution in [3.8, 4) is 11.5 Å². The van der Waals surface area contributed by atoms with Gasteiger partial charge in [0.25, 0.3) is 0 Å². The zero-order valence-electron chi connectivity index (χ0n) is 15.2. The second kappa shape index (κ2) is 9.61. The van der Waals surface area contributed by atoms with Crippen molar-refractivity contribution in [2.45, 2.75) is 40.5 Å². The van der Waals surface area contributed by atoms with Crippen molar-refractivity contribution in [2.24, 2.45) is 0 Å². The van der Waals surface area contributed by atoms with E-state index in [-0.39, 0.29) is 0 Å². The minimum absolute atomic E-state index is 0.337. The fraction of sp³-hybridized carbons (Fsp3) is 0.273. The van der Waals surface area contributed by atoms with E-state index in [4.69, 9.17) is 5.11 Å². The Morgan fingerprint density at radius 1 is 0.792 bits per heavy atom. The average molecular weight is 324 g/mol. The zero-order chi connectivity index (χ0) is 18.1. The molecule has 0 aliphatic heterocycles. The molecule has 0 unspecified atom stereocenters. The van der Waals surface area contributed by atoms with E-state index in [2.05, 4.69) is 19.9 Å². The average Bonchev–Trinajstić information content (AvgIpc) is 2.58. The molecule has 2 heteroatoms. The van der Waals surface area contributed by atoms with E-state index in [0.717, 1.165) is 10.8 Å². The van der Waals surface area contributed by atoms with Gasteiger partial charge in [-0.1, -0.05) is 75.7 Å². The first-order chi connectivity index (χ1) is 11.5. The Kier molecular flexibility index (Phi) is 7.84. The fourth-order valence-corrected chi connectivity index (χ4v) is 2.25. The van der Waals surface area contributed by atoms with Crippen LogP contribution in [0, 0.1) is 6.92 Å². The van der Waals surface area contributed by atoms with E-state index in [1.165, 1.54) is 11.1 Å². The first-order valence-corrected chi connectivity index (χ1v) is 8.44. The molecule has 0 fully saturated rings. The number of phenolic OH excluding ortho intramolecular Hbond substituents is 2. The van der Waals surface area contributed by atoms with Crippen molar-refractivity contribution in [2.75, 3.05) is 0 Å². The second-order valence-electron chi connectivity index (χ2n) is 5.75. The maximum Gasteiger partial charge on any atom is 0.123 e. The van der Waals surface area contributed by atoms with Gasteiger partial charge in [-0.05, 0) is 42.0 Å². The van der Waals surface area contributed by atoms with E-state index in [9.17, 15) is 5.11 Å². The van der Waals surface area contributed by atoms with E-state index < -0.39 is 0 Å². The first-order valence-electron chi connectivity index (χ1n) is 8.44. The highest BCUT2D eigenvalue weighted by atomic mass is 16.3. The summed E-state index contributed by atoms with van der Waals surface area (Å²) < 4.78 is 0. The van der Waals surface area contributed by atoms with Crippen molar-refractivity contribution >= 4 is 10.8 Å². The molecule has 0 amide bonds. The summed E-state index contributed by atoms with van der Waals surface area (Å²) in [5.41, 5.74) is 2.48. The maximum absolute atomic E-state index is 9.46. The molecule has 2 nitrogen and oxygen atoms in total. The Morgan fingerprint density at radius 2 is 1.42 bits per heavy atom. The molecular formula is C22H28O2. The summed E-state index contributed by atoms with van der Waals surface area (Å²) in [5, 5.41) is 20.4. The van der Waals surface area contributed by atoms with Gasteiger partial charge in [0.15, 0.2) is 0 Å². The molecule has 0 aliphatic carbocycles. The van der Waals surface area contributed by atoms with Crippen LogP contribution < -0.4 is 0 Å². The number of hydrogen-bond acceptors (Lipinski definition) is 2. The molecule has 0 saturated carbocycles.